The molecule has 0 radical (unpaired) electrons. The number of anilines is 1. The molecule has 1 heterocycles. The number of hydrazine groups is 1. The van der Waals surface area contributed by atoms with Gasteiger partial charge in [0.15, 0.2) is 0 Å². The SMILES string of the molecule is Cl.NNc1ccccc1F.O=C(O)CC1C=Nc2c(F)cccc21.O=C(O)CCC(=O)C(=O)O. The van der Waals surface area contributed by atoms with Gasteiger partial charge >= 0.3 is 17.9 Å². The Balaban J connectivity index is 0.000000490. The van der Waals surface area contributed by atoms with Gasteiger partial charge in [0.2, 0.25) is 5.78 Å². The molecule has 1 unspecified atom stereocenters. The number of nitrogen functional groups attached to an aromatic ring is 1. The molecule has 10 nitrogen and oxygen atoms in total. The fourth-order valence-electron chi connectivity index (χ4n) is 2.47. The summed E-state index contributed by atoms with van der Waals surface area (Å²) in [4.78, 5) is 44.1. The molecule has 1 aliphatic rings. The monoisotopic (exact) mass is 501 g/mol. The van der Waals surface area contributed by atoms with Gasteiger partial charge in [-0.25, -0.2) is 13.6 Å². The standard InChI is InChI=1S/C10H8FNO2.C6H7FN2.C5H6O5.ClH/c11-8-3-1-2-7-6(4-9(13)14)5-12-10(7)8;7-5-3-1-2-4-6(5)9-8;6-3(5(9)10)1-2-4(7)8;/h1-3,5-6H,4H2,(H,13,14);1-4,9H,8H2;1-2H2,(H,7,8)(H,9,10);1H. The number of aliphatic carboxylic acids is 3. The number of para-hydroxylation sites is 2. The number of carbonyl (C=O) groups is 4. The van der Waals surface area contributed by atoms with E-state index in [-0.39, 0.29) is 36.3 Å². The number of carbonyl (C=O) groups excluding carboxylic acids is 1. The number of benzene rings is 2. The minimum Gasteiger partial charge on any atom is -0.481 e. The third-order valence-corrected chi connectivity index (χ3v) is 4.03. The molecule has 0 saturated carbocycles. The van der Waals surface area contributed by atoms with Crippen molar-refractivity contribution in [3.63, 3.8) is 0 Å². The summed E-state index contributed by atoms with van der Waals surface area (Å²) < 4.78 is 25.6. The highest BCUT2D eigenvalue weighted by atomic mass is 35.5. The zero-order valence-electron chi connectivity index (χ0n) is 17.5. The quantitative estimate of drug-likeness (QED) is 0.216. The number of nitrogens with zero attached hydrogens (tertiary/aromatic N) is 1. The fourth-order valence-corrected chi connectivity index (χ4v) is 2.47. The minimum absolute atomic E-state index is 0. The number of halogens is 3. The molecular formula is C21H22ClF2N3O7. The molecule has 3 rings (SSSR count). The molecular weight excluding hydrogens is 480 g/mol. The van der Waals surface area contributed by atoms with Crippen LogP contribution in [0.1, 0.15) is 30.7 Å². The molecule has 0 aliphatic carbocycles. The van der Waals surface area contributed by atoms with Crippen molar-refractivity contribution in [2.24, 2.45) is 10.8 Å². The number of hydrogen-bond acceptors (Lipinski definition) is 7. The topological polar surface area (TPSA) is 179 Å². The molecule has 2 aromatic rings. The highest BCUT2D eigenvalue weighted by molar-refractivity contribution is 6.32. The predicted molar refractivity (Wildman–Crippen MR) is 121 cm³/mol. The number of fused-ring (bicyclic) bond motifs is 1. The Hall–Kier alpha value is -3.90. The van der Waals surface area contributed by atoms with Crippen LogP contribution >= 0.6 is 12.4 Å². The van der Waals surface area contributed by atoms with Crippen LogP contribution in [0.15, 0.2) is 47.5 Å². The summed E-state index contributed by atoms with van der Waals surface area (Å²) >= 11 is 0. The fraction of sp³-hybridized carbons (Fsp3) is 0.190. The van der Waals surface area contributed by atoms with Gasteiger partial charge in [0.1, 0.15) is 17.3 Å². The molecule has 0 spiro atoms. The van der Waals surface area contributed by atoms with Gasteiger partial charge in [0.05, 0.1) is 18.5 Å². The van der Waals surface area contributed by atoms with Crippen molar-refractivity contribution in [2.45, 2.75) is 25.2 Å². The molecule has 0 bridgehead atoms. The van der Waals surface area contributed by atoms with Gasteiger partial charge in [-0.15, -0.1) is 12.4 Å². The second-order valence-corrected chi connectivity index (χ2v) is 6.41. The number of hydrogen-bond donors (Lipinski definition) is 5. The van der Waals surface area contributed by atoms with E-state index in [0.717, 1.165) is 0 Å². The first-order valence-corrected chi connectivity index (χ1v) is 9.30. The van der Waals surface area contributed by atoms with Crippen LogP contribution < -0.4 is 11.3 Å². The molecule has 2 aromatic carbocycles. The van der Waals surface area contributed by atoms with E-state index in [1.807, 2.05) is 0 Å². The lowest BCUT2D eigenvalue weighted by Crippen LogP contribution is -2.13. The highest BCUT2D eigenvalue weighted by Crippen LogP contribution is 2.35. The summed E-state index contributed by atoms with van der Waals surface area (Å²) in [6.45, 7) is 0. The summed E-state index contributed by atoms with van der Waals surface area (Å²) in [6.07, 6.45) is 0.581. The lowest BCUT2D eigenvalue weighted by Gasteiger charge is -2.05. The number of carboxylic acids is 3. The Morgan fingerprint density at radius 1 is 0.912 bits per heavy atom. The zero-order chi connectivity index (χ0) is 25.0. The lowest BCUT2D eigenvalue weighted by molar-refractivity contribution is -0.149. The number of aliphatic imine (C=N–C) groups is 1. The lowest BCUT2D eigenvalue weighted by atomic mass is 9.98. The minimum atomic E-state index is -1.58. The highest BCUT2D eigenvalue weighted by Gasteiger charge is 2.23. The van der Waals surface area contributed by atoms with Crippen LogP contribution in [0.3, 0.4) is 0 Å². The van der Waals surface area contributed by atoms with Crippen molar-refractivity contribution in [3.8, 4) is 0 Å². The van der Waals surface area contributed by atoms with Crippen LogP contribution in [-0.2, 0) is 19.2 Å². The van der Waals surface area contributed by atoms with Crippen LogP contribution in [0.5, 0.6) is 0 Å². The van der Waals surface area contributed by atoms with Crippen LogP contribution in [0, 0.1) is 11.6 Å². The van der Waals surface area contributed by atoms with Gasteiger partial charge in [-0.2, -0.15) is 0 Å². The maximum Gasteiger partial charge on any atom is 0.372 e. The number of ketones is 1. The van der Waals surface area contributed by atoms with Crippen molar-refractivity contribution >= 4 is 53.7 Å². The summed E-state index contributed by atoms with van der Waals surface area (Å²) in [5.74, 6) is -0.788. The third-order valence-electron chi connectivity index (χ3n) is 4.03. The van der Waals surface area contributed by atoms with Crippen LogP contribution in [-0.4, -0.2) is 45.2 Å². The van der Waals surface area contributed by atoms with E-state index in [1.54, 1.807) is 30.3 Å². The van der Waals surface area contributed by atoms with Crippen LogP contribution in [0.2, 0.25) is 0 Å². The van der Waals surface area contributed by atoms with Crippen molar-refractivity contribution in [1.82, 2.24) is 0 Å². The van der Waals surface area contributed by atoms with Crippen molar-refractivity contribution in [2.75, 3.05) is 5.43 Å². The molecule has 184 valence electrons. The molecule has 13 heteroatoms. The number of nitrogens with one attached hydrogen (secondary N) is 1. The smallest absolute Gasteiger partial charge is 0.372 e. The number of Topliss-reactive ketones (excluding diaryl/α,β-unsaturated/α-hetero) is 1. The number of nitrogens with two attached hydrogens (primary N) is 1. The van der Waals surface area contributed by atoms with E-state index in [2.05, 4.69) is 10.4 Å². The average Bonchev–Trinajstić information content (AvgIpc) is 3.16. The summed E-state index contributed by atoms with van der Waals surface area (Å²) in [6, 6.07) is 10.8. The Labute approximate surface area is 198 Å². The summed E-state index contributed by atoms with van der Waals surface area (Å²) in [5.41, 5.74) is 3.47. The summed E-state index contributed by atoms with van der Waals surface area (Å²) in [5, 5.41) is 24.6. The Morgan fingerprint density at radius 3 is 2.03 bits per heavy atom. The predicted octanol–water partition coefficient (Wildman–Crippen LogP) is 3.14. The molecule has 0 amide bonds. The van der Waals surface area contributed by atoms with Crippen molar-refractivity contribution in [1.29, 1.82) is 0 Å². The second kappa shape index (κ2) is 15.0. The largest absolute Gasteiger partial charge is 0.481 e. The third kappa shape index (κ3) is 10.1. The molecule has 1 aliphatic heterocycles. The first-order chi connectivity index (χ1) is 15.6. The van der Waals surface area contributed by atoms with Gasteiger partial charge in [0.25, 0.3) is 0 Å². The Morgan fingerprint density at radius 2 is 1.53 bits per heavy atom. The van der Waals surface area contributed by atoms with Crippen molar-refractivity contribution < 1.29 is 43.3 Å². The Bertz CT molecular complexity index is 1050. The molecule has 34 heavy (non-hydrogen) atoms. The first kappa shape index (κ1) is 30.1. The van der Waals surface area contributed by atoms with Gasteiger partial charge in [-0.3, -0.25) is 25.2 Å². The van der Waals surface area contributed by atoms with E-state index in [0.29, 0.717) is 11.3 Å². The van der Waals surface area contributed by atoms with E-state index < -0.39 is 42.4 Å². The van der Waals surface area contributed by atoms with Gasteiger partial charge in [-0.1, -0.05) is 24.3 Å². The van der Waals surface area contributed by atoms with Gasteiger partial charge < -0.3 is 20.7 Å². The summed E-state index contributed by atoms with van der Waals surface area (Å²) in [7, 11) is 0. The van der Waals surface area contributed by atoms with E-state index in [9.17, 15) is 28.0 Å². The van der Waals surface area contributed by atoms with Gasteiger partial charge in [0, 0.05) is 18.6 Å². The molecule has 1 atom stereocenters. The molecule has 0 fully saturated rings. The van der Waals surface area contributed by atoms with Crippen LogP contribution in [0.4, 0.5) is 20.2 Å². The molecule has 6 N–H and O–H groups in total. The van der Waals surface area contributed by atoms with Gasteiger partial charge in [-0.05, 0) is 23.8 Å². The maximum absolute atomic E-state index is 13.1. The normalized spacial score (nSPS) is 12.5. The second-order valence-electron chi connectivity index (χ2n) is 6.41. The molecule has 0 saturated heterocycles. The van der Waals surface area contributed by atoms with E-state index in [1.165, 1.54) is 18.3 Å². The van der Waals surface area contributed by atoms with E-state index in [4.69, 9.17) is 21.2 Å². The Kier molecular flexibility index (Phi) is 13.3. The van der Waals surface area contributed by atoms with Crippen LogP contribution in [0.25, 0.3) is 0 Å². The van der Waals surface area contributed by atoms with E-state index >= 15 is 0 Å². The van der Waals surface area contributed by atoms with Crippen molar-refractivity contribution in [3.05, 3.63) is 59.7 Å². The molecule has 0 aromatic heterocycles. The number of carboxylic acid groups (broad SMARTS) is 3. The average molecular weight is 502 g/mol. The zero-order valence-corrected chi connectivity index (χ0v) is 18.3. The maximum atomic E-state index is 13.1. The first-order valence-electron chi connectivity index (χ1n) is 9.30. The number of rotatable bonds is 7.